The SMILES string of the molecule is CCOCc1nc(NC)cc(N2CC(C)CC(C)C2)n1. The Kier molecular flexibility index (Phi) is 5.17. The smallest absolute Gasteiger partial charge is 0.158 e. The molecule has 2 unspecified atom stereocenters. The Morgan fingerprint density at radius 2 is 2.00 bits per heavy atom. The van der Waals surface area contributed by atoms with Crippen LogP contribution in [0.25, 0.3) is 0 Å². The summed E-state index contributed by atoms with van der Waals surface area (Å²) in [6, 6.07) is 2.03. The molecular weight excluding hydrogens is 252 g/mol. The lowest BCUT2D eigenvalue weighted by Gasteiger charge is -2.36. The summed E-state index contributed by atoms with van der Waals surface area (Å²) in [5.41, 5.74) is 0. The molecule has 1 fully saturated rings. The molecule has 1 aromatic rings. The number of nitrogens with zero attached hydrogens (tertiary/aromatic N) is 3. The van der Waals surface area contributed by atoms with Crippen LogP contribution >= 0.6 is 0 Å². The first-order valence-electron chi connectivity index (χ1n) is 7.50. The second-order valence-electron chi connectivity index (χ2n) is 5.77. The van der Waals surface area contributed by atoms with E-state index in [1.807, 2.05) is 20.0 Å². The fraction of sp³-hybridized carbons (Fsp3) is 0.733. The number of aromatic nitrogens is 2. The minimum Gasteiger partial charge on any atom is -0.374 e. The van der Waals surface area contributed by atoms with Gasteiger partial charge in [0.1, 0.15) is 18.2 Å². The number of anilines is 2. The molecule has 112 valence electrons. The molecule has 1 N–H and O–H groups in total. The number of piperidine rings is 1. The molecule has 2 atom stereocenters. The van der Waals surface area contributed by atoms with Crippen LogP contribution in [0.1, 0.15) is 33.0 Å². The second kappa shape index (κ2) is 6.88. The summed E-state index contributed by atoms with van der Waals surface area (Å²) in [6.45, 7) is 9.89. The van der Waals surface area contributed by atoms with Gasteiger partial charge in [0.2, 0.25) is 0 Å². The maximum atomic E-state index is 5.43. The number of rotatable bonds is 5. The van der Waals surface area contributed by atoms with Crippen LogP contribution in [0.3, 0.4) is 0 Å². The second-order valence-corrected chi connectivity index (χ2v) is 5.77. The molecule has 2 rings (SSSR count). The Morgan fingerprint density at radius 3 is 2.60 bits per heavy atom. The Labute approximate surface area is 121 Å². The lowest BCUT2D eigenvalue weighted by molar-refractivity contribution is 0.128. The van der Waals surface area contributed by atoms with Gasteiger partial charge in [-0.3, -0.25) is 0 Å². The predicted octanol–water partition coefficient (Wildman–Crippen LogP) is 2.54. The van der Waals surface area contributed by atoms with Crippen molar-refractivity contribution in [2.75, 3.05) is 37.0 Å². The van der Waals surface area contributed by atoms with Crippen LogP contribution in [0.5, 0.6) is 0 Å². The minimum atomic E-state index is 0.470. The van der Waals surface area contributed by atoms with Gasteiger partial charge in [-0.25, -0.2) is 9.97 Å². The molecule has 0 aliphatic carbocycles. The first-order chi connectivity index (χ1) is 9.62. The van der Waals surface area contributed by atoms with Crippen LogP contribution in [0.2, 0.25) is 0 Å². The molecular formula is C15H26N4O. The Hall–Kier alpha value is -1.36. The van der Waals surface area contributed by atoms with Gasteiger partial charge in [0.15, 0.2) is 5.82 Å². The molecule has 1 saturated heterocycles. The molecule has 0 amide bonds. The topological polar surface area (TPSA) is 50.3 Å². The minimum absolute atomic E-state index is 0.470. The number of hydrogen-bond donors (Lipinski definition) is 1. The van der Waals surface area contributed by atoms with Crippen molar-refractivity contribution in [2.45, 2.75) is 33.8 Å². The maximum Gasteiger partial charge on any atom is 0.158 e. The van der Waals surface area contributed by atoms with Crippen molar-refractivity contribution in [3.05, 3.63) is 11.9 Å². The third-order valence-corrected chi connectivity index (χ3v) is 3.64. The highest BCUT2D eigenvalue weighted by atomic mass is 16.5. The van der Waals surface area contributed by atoms with Crippen molar-refractivity contribution in [3.63, 3.8) is 0 Å². The van der Waals surface area contributed by atoms with Crippen LogP contribution in [-0.4, -0.2) is 36.7 Å². The van der Waals surface area contributed by atoms with E-state index in [4.69, 9.17) is 4.74 Å². The first kappa shape index (κ1) is 15.0. The van der Waals surface area contributed by atoms with E-state index in [0.29, 0.717) is 25.0 Å². The first-order valence-corrected chi connectivity index (χ1v) is 7.50. The van der Waals surface area contributed by atoms with E-state index in [9.17, 15) is 0 Å². The summed E-state index contributed by atoms with van der Waals surface area (Å²) in [4.78, 5) is 11.5. The molecule has 0 spiro atoms. The summed E-state index contributed by atoms with van der Waals surface area (Å²) in [5.74, 6) is 4.04. The zero-order valence-corrected chi connectivity index (χ0v) is 13.0. The molecule has 0 saturated carbocycles. The monoisotopic (exact) mass is 278 g/mol. The highest BCUT2D eigenvalue weighted by Crippen LogP contribution is 2.26. The van der Waals surface area contributed by atoms with Crippen molar-refractivity contribution in [3.8, 4) is 0 Å². The van der Waals surface area contributed by atoms with Gasteiger partial charge in [0.25, 0.3) is 0 Å². The van der Waals surface area contributed by atoms with Crippen LogP contribution < -0.4 is 10.2 Å². The number of nitrogens with one attached hydrogen (secondary N) is 1. The van der Waals surface area contributed by atoms with Crippen LogP contribution in [0.15, 0.2) is 6.07 Å². The summed E-state index contributed by atoms with van der Waals surface area (Å²) >= 11 is 0. The van der Waals surface area contributed by atoms with E-state index in [0.717, 1.165) is 30.5 Å². The highest BCUT2D eigenvalue weighted by molar-refractivity contribution is 5.49. The van der Waals surface area contributed by atoms with Crippen molar-refractivity contribution in [1.82, 2.24) is 9.97 Å². The van der Waals surface area contributed by atoms with Gasteiger partial charge in [-0.15, -0.1) is 0 Å². The van der Waals surface area contributed by atoms with E-state index in [1.54, 1.807) is 0 Å². The average Bonchev–Trinajstić information content (AvgIpc) is 2.43. The van der Waals surface area contributed by atoms with Gasteiger partial charge in [-0.2, -0.15) is 0 Å². The van der Waals surface area contributed by atoms with Crippen LogP contribution in [0.4, 0.5) is 11.6 Å². The highest BCUT2D eigenvalue weighted by Gasteiger charge is 2.23. The van der Waals surface area contributed by atoms with Gasteiger partial charge in [0, 0.05) is 32.8 Å². The zero-order valence-electron chi connectivity index (χ0n) is 13.0. The fourth-order valence-electron chi connectivity index (χ4n) is 2.88. The number of ether oxygens (including phenoxy) is 1. The van der Waals surface area contributed by atoms with Gasteiger partial charge in [-0.05, 0) is 25.2 Å². The Morgan fingerprint density at radius 1 is 1.30 bits per heavy atom. The lowest BCUT2D eigenvalue weighted by atomic mass is 9.92. The molecule has 20 heavy (non-hydrogen) atoms. The molecule has 5 nitrogen and oxygen atoms in total. The van der Waals surface area contributed by atoms with E-state index >= 15 is 0 Å². The maximum absolute atomic E-state index is 5.43. The van der Waals surface area contributed by atoms with E-state index in [-0.39, 0.29) is 0 Å². The summed E-state index contributed by atoms with van der Waals surface area (Å²) in [7, 11) is 1.89. The molecule has 1 aliphatic heterocycles. The summed E-state index contributed by atoms with van der Waals surface area (Å²) in [6.07, 6.45) is 1.30. The van der Waals surface area contributed by atoms with Crippen molar-refractivity contribution < 1.29 is 4.74 Å². The van der Waals surface area contributed by atoms with Crippen LogP contribution in [0, 0.1) is 11.8 Å². The Bertz CT molecular complexity index is 428. The molecule has 2 heterocycles. The van der Waals surface area contributed by atoms with Crippen molar-refractivity contribution in [2.24, 2.45) is 11.8 Å². The molecule has 1 aliphatic rings. The summed E-state index contributed by atoms with van der Waals surface area (Å²) in [5, 5.41) is 3.11. The van der Waals surface area contributed by atoms with Crippen molar-refractivity contribution >= 4 is 11.6 Å². The largest absolute Gasteiger partial charge is 0.374 e. The van der Waals surface area contributed by atoms with Gasteiger partial charge >= 0.3 is 0 Å². The average molecular weight is 278 g/mol. The standard InChI is InChI=1S/C15H26N4O/c1-5-20-10-14-17-13(16-4)7-15(18-14)19-8-11(2)6-12(3)9-19/h7,11-12H,5-6,8-10H2,1-4H3,(H,16,17,18). The molecule has 5 heteroatoms. The molecule has 0 bridgehead atoms. The Balaban J connectivity index is 2.20. The third kappa shape index (κ3) is 3.82. The molecule has 1 aromatic heterocycles. The van der Waals surface area contributed by atoms with E-state index in [1.165, 1.54) is 6.42 Å². The quantitative estimate of drug-likeness (QED) is 0.897. The summed E-state index contributed by atoms with van der Waals surface area (Å²) < 4.78 is 5.43. The molecule has 0 radical (unpaired) electrons. The van der Waals surface area contributed by atoms with Crippen molar-refractivity contribution in [1.29, 1.82) is 0 Å². The molecule has 0 aromatic carbocycles. The normalized spacial score (nSPS) is 22.9. The van der Waals surface area contributed by atoms with E-state index < -0.39 is 0 Å². The zero-order chi connectivity index (χ0) is 14.5. The number of hydrogen-bond acceptors (Lipinski definition) is 5. The third-order valence-electron chi connectivity index (χ3n) is 3.64. The lowest BCUT2D eigenvalue weighted by Crippen LogP contribution is -2.39. The predicted molar refractivity (Wildman–Crippen MR) is 82.1 cm³/mol. The van der Waals surface area contributed by atoms with Gasteiger partial charge in [0.05, 0.1) is 0 Å². The van der Waals surface area contributed by atoms with Crippen LogP contribution in [-0.2, 0) is 11.3 Å². The van der Waals surface area contributed by atoms with Gasteiger partial charge in [-0.1, -0.05) is 13.8 Å². The fourth-order valence-corrected chi connectivity index (χ4v) is 2.88. The van der Waals surface area contributed by atoms with Gasteiger partial charge < -0.3 is 15.0 Å². The van der Waals surface area contributed by atoms with E-state index in [2.05, 4.69) is 34.0 Å².